The summed E-state index contributed by atoms with van der Waals surface area (Å²) in [6.07, 6.45) is -4.31. The highest BCUT2D eigenvalue weighted by Crippen LogP contribution is 2.27. The molecule has 0 aliphatic heterocycles. The second-order valence-electron chi connectivity index (χ2n) is 3.09. The molecule has 0 radical (unpaired) electrons. The molecular weight excluding hydrogens is 324 g/mol. The van der Waals surface area contributed by atoms with Gasteiger partial charge in [0.1, 0.15) is 19.0 Å². The number of ether oxygens (including phenoxy) is 2. The molecule has 1 aromatic rings. The zero-order valence-corrected chi connectivity index (χ0v) is 10.9. The first-order valence-corrected chi connectivity index (χ1v) is 5.78. The summed E-state index contributed by atoms with van der Waals surface area (Å²) in [4.78, 5) is 0. The van der Waals surface area contributed by atoms with Gasteiger partial charge in [0.05, 0.1) is 11.6 Å². The minimum atomic E-state index is -4.31. The van der Waals surface area contributed by atoms with Gasteiger partial charge in [-0.1, -0.05) is 27.5 Å². The first kappa shape index (κ1) is 14.6. The standard InChI is InChI=1S/C10H9BrClF3O2/c11-7-1-2-8(12)9(5-7)17-4-3-16-6-10(13,14)15/h1-2,5H,3-4,6H2. The van der Waals surface area contributed by atoms with Crippen LogP contribution >= 0.6 is 27.5 Å². The van der Waals surface area contributed by atoms with Crippen LogP contribution in [0.3, 0.4) is 0 Å². The smallest absolute Gasteiger partial charge is 0.411 e. The summed E-state index contributed by atoms with van der Waals surface area (Å²) < 4.78 is 45.5. The third-order valence-electron chi connectivity index (χ3n) is 1.64. The lowest BCUT2D eigenvalue weighted by molar-refractivity contribution is -0.175. The highest BCUT2D eigenvalue weighted by atomic mass is 79.9. The van der Waals surface area contributed by atoms with Gasteiger partial charge in [-0.05, 0) is 18.2 Å². The molecule has 0 bridgehead atoms. The Morgan fingerprint density at radius 2 is 1.94 bits per heavy atom. The summed E-state index contributed by atoms with van der Waals surface area (Å²) in [7, 11) is 0. The number of alkyl halides is 3. The van der Waals surface area contributed by atoms with Crippen molar-refractivity contribution in [1.82, 2.24) is 0 Å². The number of hydrogen-bond donors (Lipinski definition) is 0. The van der Waals surface area contributed by atoms with Crippen LogP contribution < -0.4 is 4.74 Å². The summed E-state index contributed by atoms with van der Waals surface area (Å²) in [6.45, 7) is -1.42. The summed E-state index contributed by atoms with van der Waals surface area (Å²) in [5.41, 5.74) is 0. The Hall–Kier alpha value is -0.460. The number of rotatable bonds is 5. The van der Waals surface area contributed by atoms with Gasteiger partial charge in [-0.25, -0.2) is 0 Å². The fourth-order valence-corrected chi connectivity index (χ4v) is 1.50. The van der Waals surface area contributed by atoms with Gasteiger partial charge in [-0.15, -0.1) is 0 Å². The monoisotopic (exact) mass is 332 g/mol. The zero-order chi connectivity index (χ0) is 12.9. The largest absolute Gasteiger partial charge is 0.490 e. The fourth-order valence-electron chi connectivity index (χ4n) is 0.986. The molecule has 0 aromatic heterocycles. The highest BCUT2D eigenvalue weighted by Gasteiger charge is 2.27. The lowest BCUT2D eigenvalue weighted by Gasteiger charge is -2.10. The number of halogens is 5. The normalized spacial score (nSPS) is 11.6. The summed E-state index contributed by atoms with van der Waals surface area (Å²) in [6, 6.07) is 4.99. The van der Waals surface area contributed by atoms with Gasteiger partial charge < -0.3 is 9.47 Å². The van der Waals surface area contributed by atoms with Crippen LogP contribution in [0.4, 0.5) is 13.2 Å². The van der Waals surface area contributed by atoms with Crippen molar-refractivity contribution in [3.63, 3.8) is 0 Å². The highest BCUT2D eigenvalue weighted by molar-refractivity contribution is 9.10. The average molecular weight is 334 g/mol. The van der Waals surface area contributed by atoms with Crippen LogP contribution in [0.2, 0.25) is 5.02 Å². The molecule has 0 heterocycles. The second kappa shape index (κ2) is 6.47. The summed E-state index contributed by atoms with van der Waals surface area (Å²) in [5, 5.41) is 0.393. The van der Waals surface area contributed by atoms with Crippen molar-refractivity contribution in [3.05, 3.63) is 27.7 Å². The second-order valence-corrected chi connectivity index (χ2v) is 4.41. The Morgan fingerprint density at radius 1 is 1.24 bits per heavy atom. The van der Waals surface area contributed by atoms with Crippen LogP contribution in [0.1, 0.15) is 0 Å². The van der Waals surface area contributed by atoms with Gasteiger partial charge >= 0.3 is 6.18 Å². The van der Waals surface area contributed by atoms with Crippen LogP contribution in [0.15, 0.2) is 22.7 Å². The van der Waals surface area contributed by atoms with Crippen molar-refractivity contribution >= 4 is 27.5 Å². The van der Waals surface area contributed by atoms with E-state index < -0.39 is 12.8 Å². The van der Waals surface area contributed by atoms with E-state index in [4.69, 9.17) is 16.3 Å². The molecule has 0 saturated heterocycles. The minimum Gasteiger partial charge on any atom is -0.490 e. The van der Waals surface area contributed by atoms with E-state index in [0.29, 0.717) is 10.8 Å². The lowest BCUT2D eigenvalue weighted by atomic mass is 10.3. The van der Waals surface area contributed by atoms with Crippen LogP contribution in [-0.2, 0) is 4.74 Å². The molecule has 0 fully saturated rings. The lowest BCUT2D eigenvalue weighted by Crippen LogP contribution is -2.19. The molecule has 0 saturated carbocycles. The van der Waals surface area contributed by atoms with Gasteiger partial charge in [0.2, 0.25) is 0 Å². The van der Waals surface area contributed by atoms with Crippen LogP contribution in [-0.4, -0.2) is 26.0 Å². The first-order chi connectivity index (χ1) is 7.88. The van der Waals surface area contributed by atoms with E-state index in [-0.39, 0.29) is 13.2 Å². The fraction of sp³-hybridized carbons (Fsp3) is 0.400. The van der Waals surface area contributed by atoms with Crippen LogP contribution in [0.5, 0.6) is 5.75 Å². The maximum absolute atomic E-state index is 11.7. The molecular formula is C10H9BrClF3O2. The maximum Gasteiger partial charge on any atom is 0.411 e. The molecule has 0 spiro atoms. The summed E-state index contributed by atoms with van der Waals surface area (Å²) in [5.74, 6) is 0.400. The zero-order valence-electron chi connectivity index (χ0n) is 8.56. The molecule has 0 N–H and O–H groups in total. The molecule has 0 unspecified atom stereocenters. The Bertz CT molecular complexity index is 371. The number of benzene rings is 1. The topological polar surface area (TPSA) is 18.5 Å². The van der Waals surface area contributed by atoms with Crippen LogP contribution in [0, 0.1) is 0 Å². The van der Waals surface area contributed by atoms with E-state index in [0.717, 1.165) is 4.47 Å². The maximum atomic E-state index is 11.7. The number of hydrogen-bond acceptors (Lipinski definition) is 2. The molecule has 1 aromatic carbocycles. The molecule has 17 heavy (non-hydrogen) atoms. The van der Waals surface area contributed by atoms with E-state index in [9.17, 15) is 13.2 Å². The molecule has 0 atom stereocenters. The van der Waals surface area contributed by atoms with Gasteiger partial charge in [0, 0.05) is 4.47 Å². The van der Waals surface area contributed by atoms with E-state index in [1.165, 1.54) is 0 Å². The first-order valence-electron chi connectivity index (χ1n) is 4.61. The molecule has 0 aliphatic carbocycles. The van der Waals surface area contributed by atoms with Crippen molar-refractivity contribution in [2.24, 2.45) is 0 Å². The molecule has 1 rings (SSSR count). The average Bonchev–Trinajstić information content (AvgIpc) is 2.21. The van der Waals surface area contributed by atoms with E-state index in [2.05, 4.69) is 20.7 Å². The van der Waals surface area contributed by atoms with Crippen molar-refractivity contribution in [2.75, 3.05) is 19.8 Å². The van der Waals surface area contributed by atoms with Gasteiger partial charge in [-0.2, -0.15) is 13.2 Å². The Labute approximate surface area is 110 Å². The van der Waals surface area contributed by atoms with Crippen LogP contribution in [0.25, 0.3) is 0 Å². The third kappa shape index (κ3) is 6.14. The molecule has 0 amide bonds. The van der Waals surface area contributed by atoms with Crippen molar-refractivity contribution < 1.29 is 22.6 Å². The van der Waals surface area contributed by atoms with E-state index >= 15 is 0 Å². The van der Waals surface area contributed by atoms with Crippen molar-refractivity contribution in [3.8, 4) is 5.75 Å². The van der Waals surface area contributed by atoms with Crippen molar-refractivity contribution in [1.29, 1.82) is 0 Å². The Morgan fingerprint density at radius 3 is 2.59 bits per heavy atom. The van der Waals surface area contributed by atoms with E-state index in [1.807, 2.05) is 0 Å². The Balaban J connectivity index is 2.29. The minimum absolute atomic E-state index is 0.00620. The third-order valence-corrected chi connectivity index (χ3v) is 2.45. The Kier molecular flexibility index (Phi) is 5.55. The molecule has 2 nitrogen and oxygen atoms in total. The van der Waals surface area contributed by atoms with Gasteiger partial charge in [0.25, 0.3) is 0 Å². The molecule has 96 valence electrons. The predicted molar refractivity (Wildman–Crippen MR) is 61.5 cm³/mol. The quantitative estimate of drug-likeness (QED) is 0.757. The molecule has 0 aliphatic rings. The predicted octanol–water partition coefficient (Wildman–Crippen LogP) is 4.06. The van der Waals surface area contributed by atoms with E-state index in [1.54, 1.807) is 18.2 Å². The molecule has 7 heteroatoms. The van der Waals surface area contributed by atoms with Gasteiger partial charge in [-0.3, -0.25) is 0 Å². The van der Waals surface area contributed by atoms with Crippen molar-refractivity contribution in [2.45, 2.75) is 6.18 Å². The van der Waals surface area contributed by atoms with Gasteiger partial charge in [0.15, 0.2) is 0 Å². The summed E-state index contributed by atoms with van der Waals surface area (Å²) >= 11 is 9.04. The SMILES string of the molecule is FC(F)(F)COCCOc1cc(Br)ccc1Cl.